The van der Waals surface area contributed by atoms with Crippen LogP contribution in [0.25, 0.3) is 0 Å². The van der Waals surface area contributed by atoms with Crippen LogP contribution in [0.15, 0.2) is 29.2 Å². The Morgan fingerprint density at radius 2 is 1.76 bits per heavy atom. The molecule has 6 nitrogen and oxygen atoms in total. The topological polar surface area (TPSA) is 87.3 Å². The van der Waals surface area contributed by atoms with Crippen molar-refractivity contribution in [2.24, 2.45) is 0 Å². The quantitative estimate of drug-likeness (QED) is 0.748. The number of amides is 1. The van der Waals surface area contributed by atoms with Crippen LogP contribution in [0.3, 0.4) is 0 Å². The van der Waals surface area contributed by atoms with Gasteiger partial charge >= 0.3 is 0 Å². The molecule has 1 aliphatic rings. The van der Waals surface area contributed by atoms with Crippen molar-refractivity contribution in [1.82, 2.24) is 15.4 Å². The minimum Gasteiger partial charge on any atom is -0.355 e. The summed E-state index contributed by atoms with van der Waals surface area (Å²) in [5, 5.41) is 5.68. The summed E-state index contributed by atoms with van der Waals surface area (Å²) in [5.74, 6) is -0.236. The first-order valence-electron chi connectivity index (χ1n) is 6.58. The summed E-state index contributed by atoms with van der Waals surface area (Å²) in [5.41, 5.74) is 0.438. The summed E-state index contributed by atoms with van der Waals surface area (Å²) in [4.78, 5) is 11.6. The van der Waals surface area contributed by atoms with Crippen LogP contribution in [-0.2, 0) is 10.0 Å². The van der Waals surface area contributed by atoms with Crippen molar-refractivity contribution in [3.05, 3.63) is 29.8 Å². The van der Waals surface area contributed by atoms with Gasteiger partial charge in [-0.3, -0.25) is 4.79 Å². The lowest BCUT2D eigenvalue weighted by Gasteiger charge is -2.23. The second-order valence-electron chi connectivity index (χ2n) is 4.75. The zero-order valence-corrected chi connectivity index (χ0v) is 13.4. The SMILES string of the molecule is CNC(=O)c1ccc(S(=O)(=O)NC2CCNCC2)cc1.Cl. The highest BCUT2D eigenvalue weighted by atomic mass is 35.5. The molecule has 0 bridgehead atoms. The molecule has 118 valence electrons. The monoisotopic (exact) mass is 333 g/mol. The molecule has 1 fully saturated rings. The van der Waals surface area contributed by atoms with E-state index < -0.39 is 10.0 Å². The third kappa shape index (κ3) is 4.67. The van der Waals surface area contributed by atoms with Crippen molar-refractivity contribution < 1.29 is 13.2 Å². The molecule has 3 N–H and O–H groups in total. The van der Waals surface area contributed by atoms with Crippen LogP contribution < -0.4 is 15.4 Å². The van der Waals surface area contributed by atoms with Gasteiger partial charge in [-0.1, -0.05) is 0 Å². The Morgan fingerprint density at radius 1 is 1.19 bits per heavy atom. The second-order valence-corrected chi connectivity index (χ2v) is 6.46. The van der Waals surface area contributed by atoms with E-state index in [-0.39, 0.29) is 29.3 Å². The molecule has 1 aromatic carbocycles. The molecule has 2 rings (SSSR count). The van der Waals surface area contributed by atoms with Gasteiger partial charge in [-0.2, -0.15) is 0 Å². The Bertz CT molecular complexity index is 569. The Kier molecular flexibility index (Phi) is 6.60. The van der Waals surface area contributed by atoms with Crippen LogP contribution in [0.2, 0.25) is 0 Å². The first-order chi connectivity index (χ1) is 9.53. The van der Waals surface area contributed by atoms with Gasteiger partial charge in [0.25, 0.3) is 5.91 Å². The molecule has 0 saturated carbocycles. The van der Waals surface area contributed by atoms with Crippen molar-refractivity contribution in [3.8, 4) is 0 Å². The van der Waals surface area contributed by atoms with Gasteiger partial charge in [0, 0.05) is 18.7 Å². The third-order valence-electron chi connectivity index (χ3n) is 3.31. The maximum absolute atomic E-state index is 12.2. The molecular formula is C13H20ClN3O3S. The van der Waals surface area contributed by atoms with E-state index in [2.05, 4.69) is 15.4 Å². The fourth-order valence-corrected chi connectivity index (χ4v) is 3.46. The number of hydrogen-bond acceptors (Lipinski definition) is 4. The summed E-state index contributed by atoms with van der Waals surface area (Å²) < 4.78 is 27.1. The van der Waals surface area contributed by atoms with Crippen LogP contribution in [0.1, 0.15) is 23.2 Å². The number of carbonyl (C=O) groups is 1. The summed E-state index contributed by atoms with van der Waals surface area (Å²) in [7, 11) is -1.99. The van der Waals surface area contributed by atoms with E-state index in [9.17, 15) is 13.2 Å². The fraction of sp³-hybridized carbons (Fsp3) is 0.462. The standard InChI is InChI=1S/C13H19N3O3S.ClH/c1-14-13(17)10-2-4-12(5-3-10)20(18,19)16-11-6-8-15-9-7-11;/h2-5,11,15-16H,6-9H2,1H3,(H,14,17);1H. The summed E-state index contributed by atoms with van der Waals surface area (Å²) >= 11 is 0. The maximum atomic E-state index is 12.2. The average Bonchev–Trinajstić information content (AvgIpc) is 2.47. The normalized spacial score (nSPS) is 16.0. The Morgan fingerprint density at radius 3 is 2.29 bits per heavy atom. The van der Waals surface area contributed by atoms with Gasteiger partial charge in [-0.15, -0.1) is 12.4 Å². The molecule has 0 aliphatic carbocycles. The number of nitrogens with one attached hydrogen (secondary N) is 3. The number of halogens is 1. The van der Waals surface area contributed by atoms with E-state index in [1.54, 1.807) is 0 Å². The highest BCUT2D eigenvalue weighted by Gasteiger charge is 2.21. The van der Waals surface area contributed by atoms with E-state index in [0.29, 0.717) is 5.56 Å². The smallest absolute Gasteiger partial charge is 0.251 e. The molecule has 0 atom stereocenters. The van der Waals surface area contributed by atoms with Crippen molar-refractivity contribution in [2.75, 3.05) is 20.1 Å². The molecule has 0 spiro atoms. The second kappa shape index (κ2) is 7.74. The van der Waals surface area contributed by atoms with Crippen molar-refractivity contribution in [3.63, 3.8) is 0 Å². The molecule has 0 aromatic heterocycles. The Balaban J connectivity index is 0.00000220. The lowest BCUT2D eigenvalue weighted by atomic mass is 10.1. The van der Waals surface area contributed by atoms with Gasteiger partial charge in [0.05, 0.1) is 4.90 Å². The largest absolute Gasteiger partial charge is 0.355 e. The van der Waals surface area contributed by atoms with E-state index in [4.69, 9.17) is 0 Å². The number of rotatable bonds is 4. The Labute approximate surface area is 131 Å². The summed E-state index contributed by atoms with van der Waals surface area (Å²) in [6.07, 6.45) is 1.57. The van der Waals surface area contributed by atoms with E-state index in [0.717, 1.165) is 25.9 Å². The number of piperidine rings is 1. The predicted molar refractivity (Wildman–Crippen MR) is 83.3 cm³/mol. The molecule has 21 heavy (non-hydrogen) atoms. The first-order valence-corrected chi connectivity index (χ1v) is 8.06. The molecule has 1 aliphatic heterocycles. The molecule has 1 aromatic rings. The van der Waals surface area contributed by atoms with Crippen LogP contribution in [0, 0.1) is 0 Å². The minimum absolute atomic E-state index is 0. The van der Waals surface area contributed by atoms with Crippen molar-refractivity contribution >= 4 is 28.3 Å². The van der Waals surface area contributed by atoms with E-state index in [1.807, 2.05) is 0 Å². The van der Waals surface area contributed by atoms with Crippen LogP contribution >= 0.6 is 12.4 Å². The first kappa shape index (κ1) is 17.9. The number of sulfonamides is 1. The lowest BCUT2D eigenvalue weighted by Crippen LogP contribution is -2.42. The summed E-state index contributed by atoms with van der Waals surface area (Å²) in [6, 6.07) is 5.90. The van der Waals surface area contributed by atoms with Gasteiger partial charge in [-0.05, 0) is 50.2 Å². The third-order valence-corrected chi connectivity index (χ3v) is 4.85. The fourth-order valence-electron chi connectivity index (χ4n) is 2.16. The molecule has 1 amide bonds. The zero-order valence-electron chi connectivity index (χ0n) is 11.8. The predicted octanol–water partition coefficient (Wildman–Crippen LogP) is 0.498. The average molecular weight is 334 g/mol. The molecular weight excluding hydrogens is 314 g/mol. The highest BCUT2D eigenvalue weighted by Crippen LogP contribution is 2.13. The van der Waals surface area contributed by atoms with Crippen LogP contribution in [0.4, 0.5) is 0 Å². The minimum atomic E-state index is -3.52. The van der Waals surface area contributed by atoms with Gasteiger partial charge in [-0.25, -0.2) is 13.1 Å². The van der Waals surface area contributed by atoms with Crippen LogP contribution in [0.5, 0.6) is 0 Å². The number of carbonyl (C=O) groups excluding carboxylic acids is 1. The molecule has 0 radical (unpaired) electrons. The van der Waals surface area contributed by atoms with Crippen molar-refractivity contribution in [2.45, 2.75) is 23.8 Å². The Hall–Kier alpha value is -1.15. The van der Waals surface area contributed by atoms with E-state index >= 15 is 0 Å². The van der Waals surface area contributed by atoms with Gasteiger partial charge < -0.3 is 10.6 Å². The number of hydrogen-bond donors (Lipinski definition) is 3. The molecule has 1 heterocycles. The van der Waals surface area contributed by atoms with Gasteiger partial charge in [0.1, 0.15) is 0 Å². The maximum Gasteiger partial charge on any atom is 0.251 e. The van der Waals surface area contributed by atoms with E-state index in [1.165, 1.54) is 31.3 Å². The lowest BCUT2D eigenvalue weighted by molar-refractivity contribution is 0.0963. The highest BCUT2D eigenvalue weighted by molar-refractivity contribution is 7.89. The van der Waals surface area contributed by atoms with Crippen LogP contribution in [-0.4, -0.2) is 40.5 Å². The number of benzene rings is 1. The molecule has 1 saturated heterocycles. The van der Waals surface area contributed by atoms with Gasteiger partial charge in [0.2, 0.25) is 10.0 Å². The molecule has 0 unspecified atom stereocenters. The van der Waals surface area contributed by atoms with Gasteiger partial charge in [0.15, 0.2) is 0 Å². The molecule has 8 heteroatoms. The van der Waals surface area contributed by atoms with Crippen molar-refractivity contribution in [1.29, 1.82) is 0 Å². The summed E-state index contributed by atoms with van der Waals surface area (Å²) in [6.45, 7) is 1.64. The zero-order chi connectivity index (χ0) is 14.6.